The second-order valence-corrected chi connectivity index (χ2v) is 8.00. The third kappa shape index (κ3) is 4.13. The summed E-state index contributed by atoms with van der Waals surface area (Å²) in [5.41, 5.74) is 1.93. The van der Waals surface area contributed by atoms with Crippen LogP contribution in [0.25, 0.3) is 0 Å². The number of nitrogens with zero attached hydrogens (tertiary/aromatic N) is 2. The molecule has 0 saturated carbocycles. The molecule has 30 heavy (non-hydrogen) atoms. The van der Waals surface area contributed by atoms with E-state index in [-0.39, 0.29) is 36.0 Å². The zero-order valence-corrected chi connectivity index (χ0v) is 16.9. The molecule has 2 aromatic carbocycles. The molecule has 0 N–H and O–H groups in total. The molecule has 156 valence electrons. The van der Waals surface area contributed by atoms with Gasteiger partial charge in [-0.1, -0.05) is 30.7 Å². The monoisotopic (exact) mass is 408 g/mol. The highest BCUT2D eigenvalue weighted by atomic mass is 19.1. The summed E-state index contributed by atoms with van der Waals surface area (Å²) >= 11 is 0. The second-order valence-electron chi connectivity index (χ2n) is 8.00. The number of fused-ring (bicyclic) bond motifs is 1. The summed E-state index contributed by atoms with van der Waals surface area (Å²) in [5, 5.41) is 0. The van der Waals surface area contributed by atoms with Gasteiger partial charge in [-0.25, -0.2) is 4.39 Å². The van der Waals surface area contributed by atoms with Crippen LogP contribution in [0.4, 0.5) is 4.39 Å². The Hall–Kier alpha value is -3.02. The third-order valence-electron chi connectivity index (χ3n) is 6.02. The van der Waals surface area contributed by atoms with Crippen molar-refractivity contribution in [2.24, 2.45) is 0 Å². The maximum atomic E-state index is 13.2. The lowest BCUT2D eigenvalue weighted by molar-refractivity contribution is -0.131. The van der Waals surface area contributed by atoms with E-state index in [9.17, 15) is 18.8 Å². The highest BCUT2D eigenvalue weighted by molar-refractivity contribution is 6.21. The topological polar surface area (TPSA) is 57.7 Å². The molecular weight excluding hydrogens is 383 g/mol. The van der Waals surface area contributed by atoms with Crippen LogP contribution in [0, 0.1) is 5.82 Å². The number of likely N-dealkylation sites (tertiary alicyclic amines) is 1. The van der Waals surface area contributed by atoms with E-state index in [1.54, 1.807) is 36.4 Å². The van der Waals surface area contributed by atoms with Crippen molar-refractivity contribution in [3.63, 3.8) is 0 Å². The predicted molar refractivity (Wildman–Crippen MR) is 111 cm³/mol. The van der Waals surface area contributed by atoms with E-state index in [4.69, 9.17) is 0 Å². The number of hydrogen-bond donors (Lipinski definition) is 0. The van der Waals surface area contributed by atoms with E-state index in [2.05, 4.69) is 0 Å². The lowest BCUT2D eigenvalue weighted by Gasteiger charge is -2.25. The standard InChI is InChI=1S/C24H25FN2O3/c25-19-12-10-17(11-13-19)18-6-3-4-14-26(16-18)22(28)9-5-15-27-23(29)20-7-1-2-8-21(20)24(27)30/h1-2,7-8,10-13,18H,3-6,9,14-16H2. The summed E-state index contributed by atoms with van der Waals surface area (Å²) in [6, 6.07) is 13.3. The van der Waals surface area contributed by atoms with Gasteiger partial charge in [0.1, 0.15) is 5.82 Å². The van der Waals surface area contributed by atoms with Gasteiger partial charge in [-0.05, 0) is 49.1 Å². The van der Waals surface area contributed by atoms with Crippen LogP contribution in [-0.4, -0.2) is 47.2 Å². The summed E-state index contributed by atoms with van der Waals surface area (Å²) in [6.45, 7) is 1.58. The lowest BCUT2D eigenvalue weighted by Crippen LogP contribution is -2.35. The highest BCUT2D eigenvalue weighted by Crippen LogP contribution is 2.27. The van der Waals surface area contributed by atoms with E-state index in [0.717, 1.165) is 24.8 Å². The fourth-order valence-electron chi connectivity index (χ4n) is 4.36. The van der Waals surface area contributed by atoms with E-state index in [1.807, 2.05) is 4.90 Å². The largest absolute Gasteiger partial charge is 0.342 e. The molecule has 0 spiro atoms. The molecule has 6 heteroatoms. The van der Waals surface area contributed by atoms with Crippen molar-refractivity contribution in [3.05, 3.63) is 71.0 Å². The minimum atomic E-state index is -0.283. The van der Waals surface area contributed by atoms with Crippen LogP contribution in [-0.2, 0) is 4.79 Å². The summed E-state index contributed by atoms with van der Waals surface area (Å²) in [5.74, 6) is -0.578. The zero-order chi connectivity index (χ0) is 21.1. The Bertz CT molecular complexity index is 922. The molecule has 1 atom stereocenters. The molecule has 3 amide bonds. The average molecular weight is 408 g/mol. The molecule has 1 saturated heterocycles. The Kier molecular flexibility index (Phi) is 5.93. The molecule has 2 aromatic rings. The quantitative estimate of drug-likeness (QED) is 0.703. The van der Waals surface area contributed by atoms with Crippen LogP contribution >= 0.6 is 0 Å². The number of halogens is 1. The van der Waals surface area contributed by atoms with E-state index in [0.29, 0.717) is 37.1 Å². The molecule has 0 aromatic heterocycles. The van der Waals surface area contributed by atoms with Gasteiger partial charge in [-0.2, -0.15) is 0 Å². The van der Waals surface area contributed by atoms with Gasteiger partial charge in [0.25, 0.3) is 11.8 Å². The van der Waals surface area contributed by atoms with Crippen LogP contribution in [0.1, 0.15) is 64.3 Å². The molecular formula is C24H25FN2O3. The molecule has 1 fully saturated rings. The van der Waals surface area contributed by atoms with Crippen LogP contribution < -0.4 is 0 Å². The van der Waals surface area contributed by atoms with Crippen molar-refractivity contribution in [2.45, 2.75) is 38.0 Å². The minimum absolute atomic E-state index is 0.0422. The molecule has 2 aliphatic rings. The Morgan fingerprint density at radius 1 is 0.967 bits per heavy atom. The number of amides is 3. The number of rotatable bonds is 5. The first-order chi connectivity index (χ1) is 14.5. The van der Waals surface area contributed by atoms with Gasteiger partial charge in [-0.15, -0.1) is 0 Å². The zero-order valence-electron chi connectivity index (χ0n) is 16.9. The number of carbonyl (C=O) groups excluding carboxylic acids is 3. The fraction of sp³-hybridized carbons (Fsp3) is 0.375. The molecule has 0 bridgehead atoms. The van der Waals surface area contributed by atoms with Crippen LogP contribution in [0.3, 0.4) is 0 Å². The van der Waals surface area contributed by atoms with Crippen LogP contribution in [0.15, 0.2) is 48.5 Å². The van der Waals surface area contributed by atoms with Crippen molar-refractivity contribution in [1.82, 2.24) is 9.80 Å². The Balaban J connectivity index is 1.33. The number of hydrogen-bond acceptors (Lipinski definition) is 3. The number of benzene rings is 2. The molecule has 1 unspecified atom stereocenters. The van der Waals surface area contributed by atoms with Gasteiger partial charge in [0.05, 0.1) is 11.1 Å². The van der Waals surface area contributed by atoms with Gasteiger partial charge in [0, 0.05) is 32.0 Å². The SMILES string of the molecule is O=C(CCCN1C(=O)c2ccccc2C1=O)N1CCCCC(c2ccc(F)cc2)C1. The van der Waals surface area contributed by atoms with Crippen molar-refractivity contribution < 1.29 is 18.8 Å². The normalized spacial score (nSPS) is 19.0. The summed E-state index contributed by atoms with van der Waals surface area (Å²) in [4.78, 5) is 40.8. The number of imide groups is 1. The van der Waals surface area contributed by atoms with Crippen molar-refractivity contribution in [1.29, 1.82) is 0 Å². The van der Waals surface area contributed by atoms with Gasteiger partial charge < -0.3 is 4.90 Å². The molecule has 2 heterocycles. The Labute approximate surface area is 175 Å². The Morgan fingerprint density at radius 3 is 2.30 bits per heavy atom. The summed E-state index contributed by atoms with van der Waals surface area (Å²) < 4.78 is 13.2. The average Bonchev–Trinajstić information content (AvgIpc) is 2.93. The smallest absolute Gasteiger partial charge is 0.261 e. The van der Waals surface area contributed by atoms with Crippen LogP contribution in [0.2, 0.25) is 0 Å². The van der Waals surface area contributed by atoms with Crippen molar-refractivity contribution in [2.75, 3.05) is 19.6 Å². The van der Waals surface area contributed by atoms with E-state index >= 15 is 0 Å². The van der Waals surface area contributed by atoms with E-state index < -0.39 is 0 Å². The summed E-state index contributed by atoms with van der Waals surface area (Å²) in [6.07, 6.45) is 3.69. The second kappa shape index (κ2) is 8.78. The van der Waals surface area contributed by atoms with Crippen molar-refractivity contribution >= 4 is 17.7 Å². The molecule has 5 nitrogen and oxygen atoms in total. The summed E-state index contributed by atoms with van der Waals surface area (Å²) in [7, 11) is 0. The number of carbonyl (C=O) groups is 3. The van der Waals surface area contributed by atoms with E-state index in [1.165, 1.54) is 17.0 Å². The molecule has 0 radical (unpaired) electrons. The fourth-order valence-corrected chi connectivity index (χ4v) is 4.36. The molecule has 2 aliphatic heterocycles. The maximum absolute atomic E-state index is 13.2. The maximum Gasteiger partial charge on any atom is 0.261 e. The highest BCUT2D eigenvalue weighted by Gasteiger charge is 2.34. The third-order valence-corrected chi connectivity index (χ3v) is 6.02. The lowest BCUT2D eigenvalue weighted by atomic mass is 9.94. The minimum Gasteiger partial charge on any atom is -0.342 e. The first-order valence-corrected chi connectivity index (χ1v) is 10.5. The molecule has 0 aliphatic carbocycles. The first kappa shape index (κ1) is 20.3. The molecule has 4 rings (SSSR count). The van der Waals surface area contributed by atoms with Crippen molar-refractivity contribution in [3.8, 4) is 0 Å². The van der Waals surface area contributed by atoms with Gasteiger partial charge in [0.2, 0.25) is 5.91 Å². The van der Waals surface area contributed by atoms with Gasteiger partial charge in [-0.3, -0.25) is 19.3 Å². The first-order valence-electron chi connectivity index (χ1n) is 10.5. The Morgan fingerprint density at radius 2 is 1.63 bits per heavy atom. The predicted octanol–water partition coefficient (Wildman–Crippen LogP) is 4.00. The van der Waals surface area contributed by atoms with Crippen LogP contribution in [0.5, 0.6) is 0 Å². The van der Waals surface area contributed by atoms with Gasteiger partial charge >= 0.3 is 0 Å². The van der Waals surface area contributed by atoms with Gasteiger partial charge in [0.15, 0.2) is 0 Å².